The van der Waals surface area contributed by atoms with Crippen LogP contribution in [0.1, 0.15) is 12.8 Å². The molecule has 1 rings (SSSR count). The Hall–Kier alpha value is 0.260. The van der Waals surface area contributed by atoms with Gasteiger partial charge < -0.3 is 15.5 Å². The highest BCUT2D eigenvalue weighted by molar-refractivity contribution is 6.76. The number of carbonyl (C=O) groups is 1. The molecule has 0 aromatic heterocycles. The van der Waals surface area contributed by atoms with E-state index >= 15 is 0 Å². The molecular formula is C7H10Cl3NO3. The molecule has 0 aromatic carbocycles. The molecule has 3 atom stereocenters. The number of halogens is 3. The lowest BCUT2D eigenvalue weighted by Gasteiger charge is -2.20. The number of hydrogen-bond acceptors (Lipinski definition) is 3. The SMILES string of the molecule is O=C(N[C@@H]1CC[C@H](O)[C@@H]1O)C(Cl)(Cl)Cl. The zero-order chi connectivity index (χ0) is 10.9. The summed E-state index contributed by atoms with van der Waals surface area (Å²) >= 11 is 16.0. The minimum absolute atomic E-state index is 0.423. The van der Waals surface area contributed by atoms with Crippen molar-refractivity contribution in [2.75, 3.05) is 0 Å². The average molecular weight is 263 g/mol. The second-order valence-corrected chi connectivity index (χ2v) is 5.49. The van der Waals surface area contributed by atoms with Crippen molar-refractivity contribution in [1.82, 2.24) is 5.32 Å². The number of rotatable bonds is 1. The number of aliphatic hydroxyl groups is 2. The molecule has 1 aliphatic rings. The standard InChI is InChI=1S/C7H10Cl3NO3/c8-7(9,10)6(14)11-3-1-2-4(12)5(3)13/h3-5,12-13H,1-2H2,(H,11,14)/t3-,4+,5-/m1/s1. The lowest BCUT2D eigenvalue weighted by atomic mass is 10.2. The third-order valence-corrected chi connectivity index (χ3v) is 2.67. The molecule has 0 radical (unpaired) electrons. The Morgan fingerprint density at radius 3 is 2.21 bits per heavy atom. The van der Waals surface area contributed by atoms with Crippen molar-refractivity contribution in [3.8, 4) is 0 Å². The maximum Gasteiger partial charge on any atom is 0.272 e. The third-order valence-electron chi connectivity index (χ3n) is 2.15. The first-order valence-corrected chi connectivity index (χ1v) is 5.19. The van der Waals surface area contributed by atoms with Gasteiger partial charge in [0.2, 0.25) is 0 Å². The monoisotopic (exact) mass is 261 g/mol. The van der Waals surface area contributed by atoms with E-state index < -0.39 is 27.9 Å². The van der Waals surface area contributed by atoms with Crippen LogP contribution in [0.5, 0.6) is 0 Å². The molecule has 0 aliphatic heterocycles. The minimum Gasteiger partial charge on any atom is -0.390 e. The van der Waals surface area contributed by atoms with E-state index in [1.807, 2.05) is 0 Å². The van der Waals surface area contributed by atoms with Crippen LogP contribution in [-0.2, 0) is 4.79 Å². The Morgan fingerprint density at radius 1 is 1.29 bits per heavy atom. The lowest BCUT2D eigenvalue weighted by molar-refractivity contribution is -0.121. The molecular weight excluding hydrogens is 252 g/mol. The molecule has 0 saturated heterocycles. The van der Waals surface area contributed by atoms with Gasteiger partial charge in [0.25, 0.3) is 9.70 Å². The van der Waals surface area contributed by atoms with Crippen LogP contribution in [0.15, 0.2) is 0 Å². The molecule has 1 aliphatic carbocycles. The van der Waals surface area contributed by atoms with Gasteiger partial charge in [-0.2, -0.15) is 0 Å². The fourth-order valence-electron chi connectivity index (χ4n) is 1.37. The maximum absolute atomic E-state index is 11.2. The summed E-state index contributed by atoms with van der Waals surface area (Å²) in [4.78, 5) is 11.2. The van der Waals surface area contributed by atoms with Crippen molar-refractivity contribution in [3.63, 3.8) is 0 Å². The number of hydrogen-bond donors (Lipinski definition) is 3. The van der Waals surface area contributed by atoms with Crippen molar-refractivity contribution < 1.29 is 15.0 Å². The van der Waals surface area contributed by atoms with Gasteiger partial charge in [0, 0.05) is 0 Å². The van der Waals surface area contributed by atoms with E-state index in [4.69, 9.17) is 34.8 Å². The van der Waals surface area contributed by atoms with Gasteiger partial charge in [0.1, 0.15) is 0 Å². The minimum atomic E-state index is -2.03. The van der Waals surface area contributed by atoms with Gasteiger partial charge in [0.15, 0.2) is 0 Å². The number of aliphatic hydroxyl groups excluding tert-OH is 2. The summed E-state index contributed by atoms with van der Waals surface area (Å²) in [5.41, 5.74) is 0. The van der Waals surface area contributed by atoms with Crippen LogP contribution >= 0.6 is 34.8 Å². The van der Waals surface area contributed by atoms with E-state index in [1.165, 1.54) is 0 Å². The highest BCUT2D eigenvalue weighted by Crippen LogP contribution is 2.27. The molecule has 0 heterocycles. The Balaban J connectivity index is 2.50. The molecule has 3 N–H and O–H groups in total. The van der Waals surface area contributed by atoms with Crippen molar-refractivity contribution in [3.05, 3.63) is 0 Å². The normalized spacial score (nSPS) is 33.1. The van der Waals surface area contributed by atoms with Crippen molar-refractivity contribution in [1.29, 1.82) is 0 Å². The third kappa shape index (κ3) is 2.87. The van der Waals surface area contributed by atoms with Crippen LogP contribution in [0.2, 0.25) is 0 Å². The fraction of sp³-hybridized carbons (Fsp3) is 0.857. The van der Waals surface area contributed by atoms with Gasteiger partial charge in [-0.15, -0.1) is 0 Å². The predicted octanol–water partition coefficient (Wildman–Crippen LogP) is 0.357. The quantitative estimate of drug-likeness (QED) is 0.598. The van der Waals surface area contributed by atoms with Crippen molar-refractivity contribution >= 4 is 40.7 Å². The maximum atomic E-state index is 11.2. The number of carbonyl (C=O) groups excluding carboxylic acids is 1. The first-order valence-electron chi connectivity index (χ1n) is 4.06. The Morgan fingerprint density at radius 2 is 1.86 bits per heavy atom. The summed E-state index contributed by atoms with van der Waals surface area (Å²) in [6.07, 6.45) is -0.928. The number of amides is 1. The Kier molecular flexibility index (Phi) is 3.88. The molecule has 1 saturated carbocycles. The van der Waals surface area contributed by atoms with Gasteiger partial charge in [-0.1, -0.05) is 34.8 Å². The summed E-state index contributed by atoms with van der Waals surface area (Å²) in [6, 6.07) is -0.548. The van der Waals surface area contributed by atoms with Crippen LogP contribution in [0.4, 0.5) is 0 Å². The van der Waals surface area contributed by atoms with Gasteiger partial charge in [0.05, 0.1) is 18.2 Å². The highest BCUT2D eigenvalue weighted by atomic mass is 35.6. The molecule has 7 heteroatoms. The predicted molar refractivity (Wildman–Crippen MR) is 53.5 cm³/mol. The first kappa shape index (κ1) is 12.3. The van der Waals surface area contributed by atoms with E-state index in [1.54, 1.807) is 0 Å². The van der Waals surface area contributed by atoms with E-state index in [2.05, 4.69) is 5.32 Å². The second kappa shape index (κ2) is 4.41. The number of alkyl halides is 3. The molecule has 4 nitrogen and oxygen atoms in total. The lowest BCUT2D eigenvalue weighted by Crippen LogP contribution is -2.47. The molecule has 0 spiro atoms. The largest absolute Gasteiger partial charge is 0.390 e. The van der Waals surface area contributed by atoms with Crippen LogP contribution in [0, 0.1) is 0 Å². The molecule has 1 amide bonds. The van der Waals surface area contributed by atoms with Gasteiger partial charge in [-0.3, -0.25) is 4.79 Å². The first-order chi connectivity index (χ1) is 6.32. The molecule has 14 heavy (non-hydrogen) atoms. The van der Waals surface area contributed by atoms with E-state index in [-0.39, 0.29) is 0 Å². The molecule has 1 fully saturated rings. The molecule has 0 unspecified atom stereocenters. The van der Waals surface area contributed by atoms with Crippen LogP contribution < -0.4 is 5.32 Å². The van der Waals surface area contributed by atoms with Crippen molar-refractivity contribution in [2.45, 2.75) is 34.9 Å². The summed E-state index contributed by atoms with van der Waals surface area (Å²) < 4.78 is -2.03. The van der Waals surface area contributed by atoms with Crippen LogP contribution in [-0.4, -0.2) is 38.2 Å². The van der Waals surface area contributed by atoms with Gasteiger partial charge in [-0.05, 0) is 12.8 Å². The summed E-state index contributed by atoms with van der Waals surface area (Å²) in [5, 5.41) is 20.9. The average Bonchev–Trinajstić information content (AvgIpc) is 2.34. The van der Waals surface area contributed by atoms with E-state index in [9.17, 15) is 15.0 Å². The summed E-state index contributed by atoms with van der Waals surface area (Å²) in [6.45, 7) is 0. The molecule has 0 aromatic rings. The summed E-state index contributed by atoms with van der Waals surface area (Å²) in [7, 11) is 0. The molecule has 0 bridgehead atoms. The van der Waals surface area contributed by atoms with E-state index in [0.717, 1.165) is 0 Å². The van der Waals surface area contributed by atoms with Gasteiger partial charge >= 0.3 is 0 Å². The zero-order valence-corrected chi connectivity index (χ0v) is 9.35. The Bertz CT molecular complexity index is 231. The Labute approximate surface area is 96.1 Å². The van der Waals surface area contributed by atoms with Crippen LogP contribution in [0.3, 0.4) is 0 Å². The van der Waals surface area contributed by atoms with Gasteiger partial charge in [-0.25, -0.2) is 0 Å². The van der Waals surface area contributed by atoms with Crippen LogP contribution in [0.25, 0.3) is 0 Å². The number of nitrogens with one attached hydrogen (secondary N) is 1. The summed E-state index contributed by atoms with van der Waals surface area (Å²) in [5.74, 6) is -0.791. The smallest absolute Gasteiger partial charge is 0.272 e. The van der Waals surface area contributed by atoms with E-state index in [0.29, 0.717) is 12.8 Å². The highest BCUT2D eigenvalue weighted by Gasteiger charge is 2.38. The second-order valence-electron chi connectivity index (χ2n) is 3.21. The van der Waals surface area contributed by atoms with Crippen molar-refractivity contribution in [2.24, 2.45) is 0 Å². The zero-order valence-electron chi connectivity index (χ0n) is 7.08. The molecule has 82 valence electrons. The topological polar surface area (TPSA) is 69.6 Å². The fourth-order valence-corrected chi connectivity index (χ4v) is 1.53.